The molecule has 1 aliphatic heterocycles. The van der Waals surface area contributed by atoms with Crippen molar-refractivity contribution in [2.45, 2.75) is 44.4 Å². The van der Waals surface area contributed by atoms with Gasteiger partial charge in [-0.05, 0) is 67.6 Å². The summed E-state index contributed by atoms with van der Waals surface area (Å²) in [5.41, 5.74) is 3.11. The van der Waals surface area contributed by atoms with Crippen molar-refractivity contribution in [1.82, 2.24) is 14.0 Å². The van der Waals surface area contributed by atoms with Crippen molar-refractivity contribution in [3.05, 3.63) is 147 Å². The highest BCUT2D eigenvalue weighted by Gasteiger charge is 2.24. The lowest BCUT2D eigenvalue weighted by Crippen LogP contribution is -2.39. The Kier molecular flexibility index (Phi) is 8.73. The highest BCUT2D eigenvalue weighted by Crippen LogP contribution is 2.30. The first-order valence-corrected chi connectivity index (χ1v) is 15.0. The van der Waals surface area contributed by atoms with Crippen LogP contribution in [0.1, 0.15) is 42.9 Å². The van der Waals surface area contributed by atoms with Crippen molar-refractivity contribution in [1.29, 1.82) is 0 Å². The summed E-state index contributed by atoms with van der Waals surface area (Å²) in [7, 11) is 0. The molecule has 1 saturated heterocycles. The van der Waals surface area contributed by atoms with Gasteiger partial charge in [0, 0.05) is 19.6 Å². The maximum absolute atomic E-state index is 13.5. The molecule has 1 aliphatic rings. The Hall–Kier alpha value is -4.26. The molecule has 0 bridgehead atoms. The lowest BCUT2D eigenvalue weighted by molar-refractivity contribution is -0.0271. The molecule has 0 aliphatic carbocycles. The molecule has 0 unspecified atom stereocenters. The van der Waals surface area contributed by atoms with E-state index < -0.39 is 0 Å². The standard InChI is InChI=1S/C36H37N3O3/c40-35-32-20-10-11-21-33(32)38(36(41)39(35)30-18-8-3-9-19-30)25-13-12-24-37-26-22-31(23-27-37)42-34(28-14-4-1-5-15-28)29-16-6-2-7-17-29/h1-11,14-21,31,34H,12-13,22-27H2. The Morgan fingerprint density at radius 1 is 0.667 bits per heavy atom. The lowest BCUT2D eigenvalue weighted by atomic mass is 10.00. The van der Waals surface area contributed by atoms with Gasteiger partial charge in [0.25, 0.3) is 5.56 Å². The second-order valence-electron chi connectivity index (χ2n) is 11.0. The summed E-state index contributed by atoms with van der Waals surface area (Å²) in [6.45, 7) is 3.56. The molecule has 0 radical (unpaired) electrons. The van der Waals surface area contributed by atoms with Crippen LogP contribution < -0.4 is 11.2 Å². The molecule has 0 atom stereocenters. The summed E-state index contributed by atoms with van der Waals surface area (Å²) in [5, 5.41) is 0.562. The van der Waals surface area contributed by atoms with E-state index in [0.29, 0.717) is 23.1 Å². The molecular weight excluding hydrogens is 522 g/mol. The molecule has 6 heteroatoms. The monoisotopic (exact) mass is 559 g/mol. The predicted molar refractivity (Wildman–Crippen MR) is 168 cm³/mol. The maximum Gasteiger partial charge on any atom is 0.336 e. The predicted octanol–water partition coefficient (Wildman–Crippen LogP) is 6.20. The zero-order valence-electron chi connectivity index (χ0n) is 23.8. The summed E-state index contributed by atoms with van der Waals surface area (Å²) in [4.78, 5) is 29.3. The first-order valence-electron chi connectivity index (χ1n) is 15.0. The van der Waals surface area contributed by atoms with Crippen molar-refractivity contribution >= 4 is 10.9 Å². The second kappa shape index (κ2) is 13.1. The number of hydrogen-bond acceptors (Lipinski definition) is 4. The molecule has 6 rings (SSSR count). The Balaban J connectivity index is 1.07. The Morgan fingerprint density at radius 2 is 1.21 bits per heavy atom. The van der Waals surface area contributed by atoms with E-state index in [4.69, 9.17) is 4.74 Å². The fourth-order valence-corrected chi connectivity index (χ4v) is 6.01. The number of piperidine rings is 1. The van der Waals surface area contributed by atoms with Gasteiger partial charge in [-0.15, -0.1) is 0 Å². The SMILES string of the molecule is O=c1c2ccccc2n(CCCCN2CCC(OC(c3ccccc3)c3ccccc3)CC2)c(=O)n1-c1ccccc1. The van der Waals surface area contributed by atoms with Crippen molar-refractivity contribution in [3.63, 3.8) is 0 Å². The van der Waals surface area contributed by atoms with Crippen molar-refractivity contribution in [3.8, 4) is 5.69 Å². The molecule has 0 saturated carbocycles. The van der Waals surface area contributed by atoms with Crippen molar-refractivity contribution < 1.29 is 4.74 Å². The topological polar surface area (TPSA) is 56.5 Å². The zero-order chi connectivity index (χ0) is 28.7. The zero-order valence-corrected chi connectivity index (χ0v) is 23.8. The Labute approximate surface area is 246 Å². The van der Waals surface area contributed by atoms with E-state index in [2.05, 4.69) is 53.4 Å². The molecule has 0 amide bonds. The number of hydrogen-bond donors (Lipinski definition) is 0. The van der Waals surface area contributed by atoms with Crippen LogP contribution in [0, 0.1) is 0 Å². The van der Waals surface area contributed by atoms with E-state index in [9.17, 15) is 9.59 Å². The lowest BCUT2D eigenvalue weighted by Gasteiger charge is -2.34. The summed E-state index contributed by atoms with van der Waals surface area (Å²) in [6.07, 6.45) is 4.00. The molecule has 4 aromatic carbocycles. The van der Waals surface area contributed by atoms with E-state index >= 15 is 0 Å². The minimum absolute atomic E-state index is 0.0590. The van der Waals surface area contributed by atoms with Gasteiger partial charge in [0.05, 0.1) is 22.7 Å². The van der Waals surface area contributed by atoms with Crippen molar-refractivity contribution in [2.75, 3.05) is 19.6 Å². The minimum Gasteiger partial charge on any atom is -0.365 e. The molecule has 2 heterocycles. The number of rotatable bonds is 10. The fourth-order valence-electron chi connectivity index (χ4n) is 6.01. The van der Waals surface area contributed by atoms with Gasteiger partial charge in [0.1, 0.15) is 6.10 Å². The molecule has 1 fully saturated rings. The van der Waals surface area contributed by atoms with E-state index in [1.54, 1.807) is 22.8 Å². The van der Waals surface area contributed by atoms with Crippen LogP contribution in [0.25, 0.3) is 16.6 Å². The molecule has 1 aromatic heterocycles. The van der Waals surface area contributed by atoms with Gasteiger partial charge in [-0.1, -0.05) is 91.0 Å². The first-order chi connectivity index (χ1) is 20.7. The number of aryl methyl sites for hydroxylation is 1. The number of likely N-dealkylation sites (tertiary alicyclic amines) is 1. The van der Waals surface area contributed by atoms with Gasteiger partial charge in [-0.3, -0.25) is 9.36 Å². The highest BCUT2D eigenvalue weighted by atomic mass is 16.5. The number of ether oxygens (including phenoxy) is 1. The highest BCUT2D eigenvalue weighted by molar-refractivity contribution is 5.78. The Morgan fingerprint density at radius 3 is 1.86 bits per heavy atom. The average molecular weight is 560 g/mol. The molecule has 42 heavy (non-hydrogen) atoms. The van der Waals surface area contributed by atoms with E-state index in [1.807, 2.05) is 48.5 Å². The van der Waals surface area contributed by atoms with Crippen LogP contribution >= 0.6 is 0 Å². The molecule has 214 valence electrons. The third kappa shape index (κ3) is 6.15. The second-order valence-corrected chi connectivity index (χ2v) is 11.0. The molecule has 5 aromatic rings. The van der Waals surface area contributed by atoms with Crippen LogP contribution in [0.15, 0.2) is 125 Å². The normalized spacial score (nSPS) is 14.5. The van der Waals surface area contributed by atoms with Gasteiger partial charge in [-0.25, -0.2) is 9.36 Å². The summed E-state index contributed by atoms with van der Waals surface area (Å²) >= 11 is 0. The summed E-state index contributed by atoms with van der Waals surface area (Å²) < 4.78 is 9.77. The van der Waals surface area contributed by atoms with Crippen LogP contribution in [-0.2, 0) is 11.3 Å². The van der Waals surface area contributed by atoms with Crippen LogP contribution in [0.2, 0.25) is 0 Å². The number of benzene rings is 4. The van der Waals surface area contributed by atoms with E-state index in [0.717, 1.165) is 45.3 Å². The molecular formula is C36H37N3O3. The molecule has 6 nitrogen and oxygen atoms in total. The van der Waals surface area contributed by atoms with Crippen LogP contribution in [0.4, 0.5) is 0 Å². The van der Waals surface area contributed by atoms with Gasteiger partial charge in [0.2, 0.25) is 0 Å². The maximum atomic E-state index is 13.5. The third-order valence-corrected chi connectivity index (χ3v) is 8.24. The van der Waals surface area contributed by atoms with E-state index in [1.165, 1.54) is 15.7 Å². The van der Waals surface area contributed by atoms with Gasteiger partial charge in [0.15, 0.2) is 0 Å². The largest absolute Gasteiger partial charge is 0.365 e. The number of nitrogens with zero attached hydrogens (tertiary/aromatic N) is 3. The van der Waals surface area contributed by atoms with Crippen LogP contribution in [0.3, 0.4) is 0 Å². The average Bonchev–Trinajstić information content (AvgIpc) is 3.05. The minimum atomic E-state index is -0.283. The number of unbranched alkanes of at least 4 members (excludes halogenated alkanes) is 1. The number of fused-ring (bicyclic) bond motifs is 1. The molecule has 0 N–H and O–H groups in total. The summed E-state index contributed by atoms with van der Waals surface area (Å²) in [5.74, 6) is 0. The van der Waals surface area contributed by atoms with E-state index in [-0.39, 0.29) is 23.5 Å². The summed E-state index contributed by atoms with van der Waals surface area (Å²) in [6, 6.07) is 37.6. The quantitative estimate of drug-likeness (QED) is 0.191. The number of para-hydroxylation sites is 2. The van der Waals surface area contributed by atoms with Crippen LogP contribution in [0.5, 0.6) is 0 Å². The third-order valence-electron chi connectivity index (χ3n) is 8.24. The Bertz CT molecular complexity index is 1670. The van der Waals surface area contributed by atoms with Crippen molar-refractivity contribution in [2.24, 2.45) is 0 Å². The van der Waals surface area contributed by atoms with Gasteiger partial charge < -0.3 is 9.64 Å². The van der Waals surface area contributed by atoms with Gasteiger partial charge in [-0.2, -0.15) is 0 Å². The molecule has 0 spiro atoms. The first kappa shape index (κ1) is 27.9. The van der Waals surface area contributed by atoms with Gasteiger partial charge >= 0.3 is 5.69 Å². The number of aromatic nitrogens is 2. The smallest absolute Gasteiger partial charge is 0.336 e. The fraction of sp³-hybridized carbons (Fsp3) is 0.278. The van der Waals surface area contributed by atoms with Crippen LogP contribution in [-0.4, -0.2) is 39.8 Å².